The number of non-ortho nitro benzene ring substituents is 1. The van der Waals surface area contributed by atoms with E-state index in [0.717, 1.165) is 14.0 Å². The Morgan fingerprint density at radius 1 is 1.39 bits per heavy atom. The van der Waals surface area contributed by atoms with E-state index in [1.54, 1.807) is 6.07 Å². The predicted octanol–water partition coefficient (Wildman–Crippen LogP) is 4.17. The highest BCUT2D eigenvalue weighted by Crippen LogP contribution is 2.27. The first-order valence-electron chi connectivity index (χ1n) is 4.98. The summed E-state index contributed by atoms with van der Waals surface area (Å²) in [6.45, 7) is 0.475. The Morgan fingerprint density at radius 3 is 2.78 bits per heavy atom. The van der Waals surface area contributed by atoms with Gasteiger partial charge in [0.25, 0.3) is 5.69 Å². The Bertz CT molecular complexity index is 585. The molecule has 0 radical (unpaired) electrons. The fourth-order valence-electron chi connectivity index (χ4n) is 1.39. The molecule has 0 atom stereocenters. The van der Waals surface area contributed by atoms with Crippen LogP contribution in [0.4, 0.5) is 11.4 Å². The molecule has 1 heterocycles. The minimum absolute atomic E-state index is 0.0507. The van der Waals surface area contributed by atoms with Crippen molar-refractivity contribution >= 4 is 49.9 Å². The third kappa shape index (κ3) is 3.22. The maximum Gasteiger partial charge on any atom is 0.271 e. The topological polar surface area (TPSA) is 68.3 Å². The van der Waals surface area contributed by atoms with Crippen molar-refractivity contribution < 1.29 is 9.34 Å². The number of nitro benzene ring substituents is 1. The summed E-state index contributed by atoms with van der Waals surface area (Å²) >= 11 is 5.42. The average Bonchev–Trinajstić information content (AvgIpc) is 2.74. The number of hydrogen-bond acceptors (Lipinski definition) is 4. The van der Waals surface area contributed by atoms with E-state index >= 15 is 0 Å². The minimum atomic E-state index is -0.423. The fraction of sp³-hybridized carbons (Fsp3) is 0.0909. The van der Waals surface area contributed by atoms with Crippen LogP contribution in [0.2, 0.25) is 0 Å². The smallest absolute Gasteiger partial charge is 0.271 e. The van der Waals surface area contributed by atoms with Crippen LogP contribution in [-0.2, 0) is 6.54 Å². The van der Waals surface area contributed by atoms with Gasteiger partial charge in [0.2, 0.25) is 0 Å². The van der Waals surface area contributed by atoms with Gasteiger partial charge in [-0.25, -0.2) is 0 Å². The lowest BCUT2D eigenvalue weighted by Crippen LogP contribution is -2.00. The van der Waals surface area contributed by atoms with Crippen molar-refractivity contribution in [2.45, 2.75) is 6.54 Å². The fourth-order valence-corrected chi connectivity index (χ4v) is 2.24. The van der Waals surface area contributed by atoms with E-state index in [-0.39, 0.29) is 5.69 Å². The van der Waals surface area contributed by atoms with E-state index in [2.05, 4.69) is 43.8 Å². The average molecular weight is 423 g/mol. The molecule has 0 bridgehead atoms. The van der Waals surface area contributed by atoms with Gasteiger partial charge in [-0.15, -0.1) is 0 Å². The van der Waals surface area contributed by atoms with Crippen LogP contribution in [0.5, 0.6) is 0 Å². The van der Waals surface area contributed by atoms with Crippen molar-refractivity contribution in [3.8, 4) is 0 Å². The van der Waals surface area contributed by atoms with Gasteiger partial charge in [-0.05, 0) is 56.7 Å². The standard InChI is InChI=1S/C11H8BrIN2O3/c12-9-3-1-7(15(16)17)5-10(9)14-6-8-2-4-11(13)18-8/h1-5,14H,6H2. The van der Waals surface area contributed by atoms with Crippen molar-refractivity contribution in [3.63, 3.8) is 0 Å². The Hall–Kier alpha value is -1.09. The van der Waals surface area contributed by atoms with Gasteiger partial charge in [-0.1, -0.05) is 0 Å². The van der Waals surface area contributed by atoms with Crippen molar-refractivity contribution in [1.82, 2.24) is 0 Å². The van der Waals surface area contributed by atoms with Crippen LogP contribution in [0.15, 0.2) is 39.2 Å². The van der Waals surface area contributed by atoms with Gasteiger partial charge in [-0.2, -0.15) is 0 Å². The van der Waals surface area contributed by atoms with E-state index in [9.17, 15) is 10.1 Å². The molecule has 2 aromatic rings. The van der Waals surface area contributed by atoms with Crippen LogP contribution in [0.1, 0.15) is 5.76 Å². The predicted molar refractivity (Wildman–Crippen MR) is 79.5 cm³/mol. The zero-order valence-corrected chi connectivity index (χ0v) is 12.8. The van der Waals surface area contributed by atoms with Crippen LogP contribution >= 0.6 is 38.5 Å². The number of nitrogens with one attached hydrogen (secondary N) is 1. The SMILES string of the molecule is O=[N+]([O-])c1ccc(Br)c(NCc2ccc(I)o2)c1. The lowest BCUT2D eigenvalue weighted by Gasteiger charge is -2.06. The lowest BCUT2D eigenvalue weighted by atomic mass is 10.3. The molecule has 0 unspecified atom stereocenters. The summed E-state index contributed by atoms with van der Waals surface area (Å²) in [4.78, 5) is 10.3. The minimum Gasteiger partial charge on any atom is -0.454 e. The van der Waals surface area contributed by atoms with Crippen LogP contribution < -0.4 is 5.32 Å². The molecule has 18 heavy (non-hydrogen) atoms. The van der Waals surface area contributed by atoms with Gasteiger partial charge in [0.05, 0.1) is 17.2 Å². The normalized spacial score (nSPS) is 10.3. The third-order valence-electron chi connectivity index (χ3n) is 2.24. The Morgan fingerprint density at radius 2 is 2.17 bits per heavy atom. The van der Waals surface area contributed by atoms with E-state index in [4.69, 9.17) is 4.42 Å². The number of rotatable bonds is 4. The highest BCUT2D eigenvalue weighted by molar-refractivity contribution is 14.1. The monoisotopic (exact) mass is 422 g/mol. The van der Waals surface area contributed by atoms with Crippen LogP contribution in [0.25, 0.3) is 0 Å². The first-order chi connectivity index (χ1) is 8.56. The van der Waals surface area contributed by atoms with E-state index in [0.29, 0.717) is 12.2 Å². The molecule has 0 spiro atoms. The maximum atomic E-state index is 10.7. The number of nitro groups is 1. The molecule has 0 aliphatic carbocycles. The molecule has 0 saturated heterocycles. The summed E-state index contributed by atoms with van der Waals surface area (Å²) in [5, 5.41) is 13.8. The number of furan rings is 1. The van der Waals surface area contributed by atoms with E-state index in [1.807, 2.05) is 12.1 Å². The molecule has 0 aliphatic heterocycles. The van der Waals surface area contributed by atoms with Crippen molar-refractivity contribution in [1.29, 1.82) is 0 Å². The number of benzene rings is 1. The Kier molecular flexibility index (Phi) is 4.23. The van der Waals surface area contributed by atoms with Crippen LogP contribution in [0, 0.1) is 13.9 Å². The molecule has 0 aliphatic rings. The molecule has 0 saturated carbocycles. The van der Waals surface area contributed by atoms with Crippen molar-refractivity contribution in [2.75, 3.05) is 5.32 Å². The molecule has 1 aromatic carbocycles. The van der Waals surface area contributed by atoms with Crippen LogP contribution in [-0.4, -0.2) is 4.92 Å². The number of halogens is 2. The first-order valence-corrected chi connectivity index (χ1v) is 6.85. The zero-order chi connectivity index (χ0) is 13.1. The van der Waals surface area contributed by atoms with Crippen molar-refractivity contribution in [3.05, 3.63) is 54.4 Å². The largest absolute Gasteiger partial charge is 0.454 e. The summed E-state index contributed by atoms with van der Waals surface area (Å²) in [5.41, 5.74) is 0.713. The molecular weight excluding hydrogens is 415 g/mol. The van der Waals surface area contributed by atoms with Gasteiger partial charge in [-0.3, -0.25) is 10.1 Å². The summed E-state index contributed by atoms with van der Waals surface area (Å²) in [7, 11) is 0. The molecule has 1 aromatic heterocycles. The van der Waals surface area contributed by atoms with Gasteiger partial charge < -0.3 is 9.73 Å². The summed E-state index contributed by atoms with van der Waals surface area (Å²) in [6, 6.07) is 8.30. The van der Waals surface area contributed by atoms with E-state index < -0.39 is 4.92 Å². The molecular formula is C11H8BrIN2O3. The molecule has 5 nitrogen and oxygen atoms in total. The molecule has 0 fully saturated rings. The number of nitrogens with zero attached hydrogens (tertiary/aromatic N) is 1. The van der Waals surface area contributed by atoms with Gasteiger partial charge >= 0.3 is 0 Å². The highest BCUT2D eigenvalue weighted by Gasteiger charge is 2.09. The maximum absolute atomic E-state index is 10.7. The van der Waals surface area contributed by atoms with E-state index in [1.165, 1.54) is 12.1 Å². The second-order valence-corrected chi connectivity index (χ2v) is 5.40. The number of hydrogen-bond donors (Lipinski definition) is 1. The molecule has 1 N–H and O–H groups in total. The highest BCUT2D eigenvalue weighted by atomic mass is 127. The summed E-state index contributed by atoms with van der Waals surface area (Å²) < 4.78 is 6.98. The molecule has 2 rings (SSSR count). The molecule has 7 heteroatoms. The van der Waals surface area contributed by atoms with Gasteiger partial charge in [0.1, 0.15) is 5.76 Å². The third-order valence-corrected chi connectivity index (χ3v) is 3.51. The zero-order valence-electron chi connectivity index (χ0n) is 9.02. The second-order valence-electron chi connectivity index (χ2n) is 3.48. The number of anilines is 1. The first kappa shape index (κ1) is 13.3. The molecule has 94 valence electrons. The Labute approximate surface area is 125 Å². The van der Waals surface area contributed by atoms with Crippen LogP contribution in [0.3, 0.4) is 0 Å². The Balaban J connectivity index is 2.13. The summed E-state index contributed by atoms with van der Waals surface area (Å²) in [5.74, 6) is 0.776. The molecule has 0 amide bonds. The lowest BCUT2D eigenvalue weighted by molar-refractivity contribution is -0.384. The summed E-state index contributed by atoms with van der Waals surface area (Å²) in [6.07, 6.45) is 0. The second kappa shape index (κ2) is 5.70. The van der Waals surface area contributed by atoms with Gasteiger partial charge in [0.15, 0.2) is 3.77 Å². The van der Waals surface area contributed by atoms with Gasteiger partial charge in [0, 0.05) is 16.6 Å². The quantitative estimate of drug-likeness (QED) is 0.456. The van der Waals surface area contributed by atoms with Crippen molar-refractivity contribution in [2.24, 2.45) is 0 Å².